The summed E-state index contributed by atoms with van der Waals surface area (Å²) in [6, 6.07) is 29.9. The van der Waals surface area contributed by atoms with E-state index in [1.54, 1.807) is 87.0 Å². The number of nitrogen functional groups attached to an aromatic ring is 1. The average Bonchev–Trinajstić information content (AvgIpc) is 3.33. The van der Waals surface area contributed by atoms with Gasteiger partial charge in [0, 0.05) is 41.5 Å². The van der Waals surface area contributed by atoms with Gasteiger partial charge in [0.1, 0.15) is 42.8 Å². The molecule has 0 saturated heterocycles. The standard InChI is InChI=1S/C33H35N7O7.C15H13NO6/c1-19(2)38-30-31(42)40(27(16-37-30)23-12-24(32(43)44)14-25(34)13-23)17-28(41)36-15-20-7-9-22(10-8-20)29(35)39-33(45)47-18-21-5-4-6-26(11-21)46-3;1-20-14-4-2-3-11(9-14)10-21-15(17)22-13-7-5-12(6-8-13)16(18)19/h4-14,16,19H,15,17-18,34H2,1-3H3,(H,36,41)(H,37,38)(H,43,44)(H2,35,39,45);2-9H,10H2,1H3. The predicted molar refractivity (Wildman–Crippen MR) is 252 cm³/mol. The van der Waals surface area contributed by atoms with E-state index >= 15 is 0 Å². The van der Waals surface area contributed by atoms with Gasteiger partial charge in [0.05, 0.1) is 36.6 Å². The molecule has 2 amide bonds. The first-order chi connectivity index (χ1) is 33.0. The SMILES string of the molecule is COc1cccc(COC(=O)NC(=N)c2ccc(CNC(=O)Cn3c(-c4cc(N)cc(C(=O)O)c4)cnc(NC(C)C)c3=O)cc2)c1.COc1cccc(COC(=O)Oc2ccc([N+](=O)[O-])cc2)c1. The molecule has 5 aromatic carbocycles. The van der Waals surface area contributed by atoms with Gasteiger partial charge in [-0.15, -0.1) is 0 Å². The van der Waals surface area contributed by atoms with Gasteiger partial charge in [0.25, 0.3) is 11.2 Å². The Morgan fingerprint density at radius 3 is 2.01 bits per heavy atom. The second kappa shape index (κ2) is 24.3. The highest BCUT2D eigenvalue weighted by Crippen LogP contribution is 2.24. The number of amides is 2. The predicted octanol–water partition coefficient (Wildman–Crippen LogP) is 6.91. The van der Waals surface area contributed by atoms with Crippen molar-refractivity contribution in [2.45, 2.75) is 46.2 Å². The molecule has 0 radical (unpaired) electrons. The van der Waals surface area contributed by atoms with E-state index in [1.807, 2.05) is 13.8 Å². The molecule has 69 heavy (non-hydrogen) atoms. The fourth-order valence-electron chi connectivity index (χ4n) is 6.15. The van der Waals surface area contributed by atoms with Gasteiger partial charge in [-0.2, -0.15) is 0 Å². The van der Waals surface area contributed by atoms with Gasteiger partial charge in [-0.25, -0.2) is 19.4 Å². The Labute approximate surface area is 394 Å². The zero-order valence-electron chi connectivity index (χ0n) is 37.7. The maximum Gasteiger partial charge on any atom is 0.514 e. The lowest BCUT2D eigenvalue weighted by molar-refractivity contribution is -0.384. The smallest absolute Gasteiger partial charge is 0.497 e. The van der Waals surface area contributed by atoms with Crippen molar-refractivity contribution in [3.05, 3.63) is 170 Å². The molecule has 1 aromatic heterocycles. The van der Waals surface area contributed by atoms with Gasteiger partial charge in [0.15, 0.2) is 5.82 Å². The molecule has 0 aliphatic rings. The molecule has 0 atom stereocenters. The Hall–Kier alpha value is -9.27. The summed E-state index contributed by atoms with van der Waals surface area (Å²) in [4.78, 5) is 76.0. The number of nitro groups is 1. The van der Waals surface area contributed by atoms with Gasteiger partial charge in [-0.3, -0.25) is 35.0 Å². The Bertz CT molecular complexity index is 2870. The molecule has 0 fully saturated rings. The van der Waals surface area contributed by atoms with Crippen molar-refractivity contribution in [1.82, 2.24) is 20.2 Å². The average molecular weight is 945 g/mol. The number of carboxylic acids is 1. The number of alkyl carbamates (subject to hydrolysis) is 1. The van der Waals surface area contributed by atoms with Crippen molar-refractivity contribution in [3.63, 3.8) is 0 Å². The number of anilines is 2. The van der Waals surface area contributed by atoms with Gasteiger partial charge in [-0.05, 0) is 85.1 Å². The van der Waals surface area contributed by atoms with Crippen molar-refractivity contribution in [1.29, 1.82) is 5.41 Å². The van der Waals surface area contributed by atoms with Gasteiger partial charge >= 0.3 is 18.2 Å². The van der Waals surface area contributed by atoms with Crippen LogP contribution in [-0.4, -0.2) is 69.8 Å². The second-order valence-electron chi connectivity index (χ2n) is 15.0. The first-order valence-corrected chi connectivity index (χ1v) is 20.8. The summed E-state index contributed by atoms with van der Waals surface area (Å²) in [6.07, 6.45) is -0.295. The summed E-state index contributed by atoms with van der Waals surface area (Å²) in [6.45, 7) is 3.42. The van der Waals surface area contributed by atoms with Crippen LogP contribution in [-0.2, 0) is 40.6 Å². The maximum atomic E-state index is 13.4. The highest BCUT2D eigenvalue weighted by atomic mass is 16.7. The zero-order chi connectivity index (χ0) is 50.0. The molecule has 21 nitrogen and oxygen atoms in total. The quantitative estimate of drug-likeness (QED) is 0.0103. The number of non-ortho nitro benzene ring substituents is 1. The van der Waals surface area contributed by atoms with Crippen LogP contribution in [0, 0.1) is 15.5 Å². The molecule has 0 spiro atoms. The minimum atomic E-state index is -1.20. The summed E-state index contributed by atoms with van der Waals surface area (Å²) in [7, 11) is 3.08. The third-order valence-electron chi connectivity index (χ3n) is 9.48. The number of ether oxygens (including phenoxy) is 5. The number of nitro benzene ring substituents is 1. The summed E-state index contributed by atoms with van der Waals surface area (Å²) in [5.41, 5.74) is 8.48. The van der Waals surface area contributed by atoms with Crippen LogP contribution < -0.4 is 41.5 Å². The van der Waals surface area contributed by atoms with Gasteiger partial charge < -0.3 is 45.2 Å². The van der Waals surface area contributed by atoms with Crippen LogP contribution in [0.25, 0.3) is 11.3 Å². The molecule has 0 aliphatic carbocycles. The number of amidine groups is 1. The lowest BCUT2D eigenvalue weighted by atomic mass is 10.1. The number of methoxy groups -OCH3 is 2. The van der Waals surface area contributed by atoms with Crippen molar-refractivity contribution >= 4 is 47.2 Å². The lowest BCUT2D eigenvalue weighted by Gasteiger charge is -2.17. The fourth-order valence-corrected chi connectivity index (χ4v) is 6.15. The number of benzene rings is 5. The Kier molecular flexibility index (Phi) is 17.9. The number of aromatic nitrogens is 2. The van der Waals surface area contributed by atoms with E-state index in [-0.39, 0.29) is 72.4 Å². The topological polar surface area (TPSA) is 299 Å². The summed E-state index contributed by atoms with van der Waals surface area (Å²) in [5.74, 6) is -0.360. The van der Waals surface area contributed by atoms with E-state index < -0.39 is 34.6 Å². The van der Waals surface area contributed by atoms with E-state index in [0.717, 1.165) is 11.1 Å². The number of nitrogens with one attached hydrogen (secondary N) is 4. The Balaban J connectivity index is 0.000000336. The number of hydrogen-bond donors (Lipinski definition) is 6. The number of carbonyl (C=O) groups excluding carboxylic acids is 3. The van der Waals surface area contributed by atoms with E-state index in [4.69, 9.17) is 34.8 Å². The van der Waals surface area contributed by atoms with Crippen molar-refractivity contribution in [2.75, 3.05) is 25.3 Å². The van der Waals surface area contributed by atoms with Crippen molar-refractivity contribution in [2.24, 2.45) is 0 Å². The van der Waals surface area contributed by atoms with E-state index in [0.29, 0.717) is 28.2 Å². The highest BCUT2D eigenvalue weighted by molar-refractivity contribution is 6.04. The molecule has 6 rings (SSSR count). The number of nitrogens with zero attached hydrogens (tertiary/aromatic N) is 3. The van der Waals surface area contributed by atoms with Gasteiger partial charge in [-0.1, -0.05) is 48.5 Å². The number of rotatable bonds is 17. The first-order valence-electron chi connectivity index (χ1n) is 20.8. The normalized spacial score (nSPS) is 10.4. The molecule has 358 valence electrons. The lowest BCUT2D eigenvalue weighted by Crippen LogP contribution is -2.35. The third kappa shape index (κ3) is 15.4. The maximum absolute atomic E-state index is 13.4. The first kappa shape index (κ1) is 50.7. The number of nitrogens with two attached hydrogens (primary N) is 1. The molecule has 7 N–H and O–H groups in total. The van der Waals surface area contributed by atoms with Crippen LogP contribution >= 0.6 is 0 Å². The highest BCUT2D eigenvalue weighted by Gasteiger charge is 2.18. The molecule has 6 aromatic rings. The molecular weight excluding hydrogens is 897 g/mol. The van der Waals surface area contributed by atoms with Gasteiger partial charge in [0.2, 0.25) is 5.91 Å². The second-order valence-corrected chi connectivity index (χ2v) is 15.0. The monoisotopic (exact) mass is 944 g/mol. The van der Waals surface area contributed by atoms with Crippen LogP contribution in [0.15, 0.2) is 126 Å². The Morgan fingerprint density at radius 2 is 1.43 bits per heavy atom. The van der Waals surface area contributed by atoms with Crippen LogP contribution in [0.2, 0.25) is 0 Å². The van der Waals surface area contributed by atoms with Crippen LogP contribution in [0.5, 0.6) is 17.2 Å². The third-order valence-corrected chi connectivity index (χ3v) is 9.48. The van der Waals surface area contributed by atoms with Crippen molar-refractivity contribution < 1.29 is 52.9 Å². The largest absolute Gasteiger partial charge is 0.514 e. The Morgan fingerprint density at radius 1 is 0.812 bits per heavy atom. The van der Waals surface area contributed by atoms with Crippen molar-refractivity contribution in [3.8, 4) is 28.5 Å². The van der Waals surface area contributed by atoms with E-state index in [1.165, 1.54) is 53.2 Å². The van der Waals surface area contributed by atoms with E-state index in [9.17, 15) is 39.2 Å². The van der Waals surface area contributed by atoms with Crippen LogP contribution in [0.3, 0.4) is 0 Å². The number of aromatic carboxylic acids is 1. The summed E-state index contributed by atoms with van der Waals surface area (Å²) < 4.78 is 26.5. The zero-order valence-corrected chi connectivity index (χ0v) is 37.7. The number of carboxylic acid groups (broad SMARTS) is 1. The van der Waals surface area contributed by atoms with E-state index in [2.05, 4.69) is 20.9 Å². The minimum Gasteiger partial charge on any atom is -0.497 e. The number of carbonyl (C=O) groups is 4. The molecule has 0 aliphatic heterocycles. The summed E-state index contributed by atoms with van der Waals surface area (Å²) in [5, 5.41) is 36.3. The molecule has 21 heteroatoms. The minimum absolute atomic E-state index is 0.000383. The number of hydrogen-bond acceptors (Lipinski definition) is 16. The van der Waals surface area contributed by atoms with Crippen LogP contribution in [0.4, 0.5) is 26.8 Å². The fraction of sp³-hybridized carbons (Fsp3) is 0.188. The summed E-state index contributed by atoms with van der Waals surface area (Å²) >= 11 is 0. The molecular formula is C48H48N8O13. The molecule has 0 unspecified atom stereocenters. The molecule has 0 saturated carbocycles. The molecule has 0 bridgehead atoms. The van der Waals surface area contributed by atoms with Crippen LogP contribution in [0.1, 0.15) is 46.5 Å². The molecule has 1 heterocycles.